The van der Waals surface area contributed by atoms with Crippen LogP contribution < -0.4 is 5.32 Å². The zero-order valence-electron chi connectivity index (χ0n) is 12.7. The zero-order chi connectivity index (χ0) is 14.5. The summed E-state index contributed by atoms with van der Waals surface area (Å²) in [5.41, 5.74) is 0.151. The molecule has 0 saturated carbocycles. The van der Waals surface area contributed by atoms with Crippen LogP contribution in [0.25, 0.3) is 0 Å². The summed E-state index contributed by atoms with van der Waals surface area (Å²) in [4.78, 5) is 1.29. The predicted molar refractivity (Wildman–Crippen MR) is 88.9 cm³/mol. The Bertz CT molecular complexity index is 415. The highest BCUT2D eigenvalue weighted by atomic mass is 32.2. The summed E-state index contributed by atoms with van der Waals surface area (Å²) in [6, 6.07) is 0.403. The van der Waals surface area contributed by atoms with E-state index in [-0.39, 0.29) is 5.60 Å². The molecule has 0 amide bonds. The van der Waals surface area contributed by atoms with Crippen LogP contribution in [-0.4, -0.2) is 39.8 Å². The van der Waals surface area contributed by atoms with Crippen molar-refractivity contribution in [1.29, 1.82) is 0 Å². The van der Waals surface area contributed by atoms with Crippen LogP contribution in [0, 0.1) is 5.92 Å². The van der Waals surface area contributed by atoms with Gasteiger partial charge in [-0.05, 0) is 67.6 Å². The number of nitrogens with one attached hydrogen (secondary N) is 1. The average Bonchev–Trinajstić information content (AvgIpc) is 3.03. The lowest BCUT2D eigenvalue weighted by Gasteiger charge is -2.45. The molecule has 2 atom stereocenters. The molecule has 2 unspecified atom stereocenters. The molecule has 1 aromatic heterocycles. The largest absolute Gasteiger partial charge is 0.375 e. The molecule has 6 heteroatoms. The van der Waals surface area contributed by atoms with E-state index in [0.29, 0.717) is 12.0 Å². The van der Waals surface area contributed by atoms with Crippen molar-refractivity contribution in [3.05, 3.63) is 11.1 Å². The summed E-state index contributed by atoms with van der Waals surface area (Å²) >= 11 is 3.61. The summed E-state index contributed by atoms with van der Waals surface area (Å²) < 4.78 is 10.3. The molecule has 3 rings (SSSR count). The number of nitrogens with zero attached hydrogens (tertiary/aromatic N) is 2. The summed E-state index contributed by atoms with van der Waals surface area (Å²) in [5.74, 6) is 3.15. The first-order valence-corrected chi connectivity index (χ1v) is 9.98. The molecule has 118 valence electrons. The van der Waals surface area contributed by atoms with Crippen molar-refractivity contribution in [1.82, 2.24) is 14.9 Å². The Kier molecular flexibility index (Phi) is 5.54. The van der Waals surface area contributed by atoms with Crippen LogP contribution in [-0.2, 0) is 4.74 Å². The van der Waals surface area contributed by atoms with Crippen LogP contribution in [0.1, 0.15) is 49.9 Å². The van der Waals surface area contributed by atoms with Gasteiger partial charge in [-0.25, -0.2) is 0 Å². The van der Waals surface area contributed by atoms with Crippen molar-refractivity contribution in [3.63, 3.8) is 0 Å². The number of thioether (sulfide) groups is 1. The lowest BCUT2D eigenvalue weighted by molar-refractivity contribution is -0.107. The quantitative estimate of drug-likeness (QED) is 0.899. The number of hydrogen-bond acceptors (Lipinski definition) is 6. The minimum atomic E-state index is 0.151. The second-order valence-electron chi connectivity index (χ2n) is 6.15. The van der Waals surface area contributed by atoms with E-state index in [1.54, 1.807) is 11.5 Å². The minimum absolute atomic E-state index is 0.151. The number of aromatic nitrogens is 2. The average molecular weight is 328 g/mol. The maximum atomic E-state index is 6.24. The zero-order valence-corrected chi connectivity index (χ0v) is 14.3. The highest BCUT2D eigenvalue weighted by Crippen LogP contribution is 2.43. The van der Waals surface area contributed by atoms with E-state index in [2.05, 4.69) is 33.6 Å². The van der Waals surface area contributed by atoms with Crippen molar-refractivity contribution < 1.29 is 4.74 Å². The van der Waals surface area contributed by atoms with Gasteiger partial charge in [0.2, 0.25) is 0 Å². The van der Waals surface area contributed by atoms with E-state index in [1.165, 1.54) is 35.6 Å². The highest BCUT2D eigenvalue weighted by Gasteiger charge is 2.41. The second kappa shape index (κ2) is 7.40. The van der Waals surface area contributed by atoms with Crippen LogP contribution in [0.15, 0.2) is 6.20 Å². The number of rotatable bonds is 5. The molecule has 1 N–H and O–H groups in total. The van der Waals surface area contributed by atoms with Crippen molar-refractivity contribution in [2.24, 2.45) is 5.92 Å². The third-order valence-electron chi connectivity index (χ3n) is 4.71. The first-order valence-electron chi connectivity index (χ1n) is 8.05. The Balaban J connectivity index is 1.72. The topological polar surface area (TPSA) is 47.0 Å². The summed E-state index contributed by atoms with van der Waals surface area (Å²) in [7, 11) is 0. The molecule has 4 nitrogen and oxygen atoms in total. The first kappa shape index (κ1) is 15.7. The van der Waals surface area contributed by atoms with Gasteiger partial charge >= 0.3 is 0 Å². The van der Waals surface area contributed by atoms with Gasteiger partial charge in [0.05, 0.1) is 16.7 Å². The molecule has 21 heavy (non-hydrogen) atoms. The van der Waals surface area contributed by atoms with E-state index >= 15 is 0 Å². The molecule has 2 aliphatic rings. The van der Waals surface area contributed by atoms with E-state index in [1.807, 2.05) is 6.20 Å². The highest BCUT2D eigenvalue weighted by molar-refractivity contribution is 7.99. The van der Waals surface area contributed by atoms with Crippen LogP contribution in [0.5, 0.6) is 0 Å². The standard InChI is InChI=1S/C15H25N3OS2/c1-2-6-16-14(13-11-17-18-21-13)12-3-7-19-15(10-12)4-8-20-9-5-15/h11-12,14,16H,2-10H2,1H3. The summed E-state index contributed by atoms with van der Waals surface area (Å²) in [6.45, 7) is 4.19. The van der Waals surface area contributed by atoms with Gasteiger partial charge in [-0.2, -0.15) is 11.8 Å². The van der Waals surface area contributed by atoms with Crippen molar-refractivity contribution >= 4 is 23.3 Å². The lowest BCUT2D eigenvalue weighted by Crippen LogP contribution is -2.45. The van der Waals surface area contributed by atoms with Crippen LogP contribution >= 0.6 is 23.3 Å². The fourth-order valence-corrected chi connectivity index (χ4v) is 5.46. The van der Waals surface area contributed by atoms with Gasteiger partial charge in [-0.15, -0.1) is 5.10 Å². The van der Waals surface area contributed by atoms with Gasteiger partial charge in [0.25, 0.3) is 0 Å². The molecular formula is C15H25N3OS2. The predicted octanol–water partition coefficient (Wildman–Crippen LogP) is 3.27. The molecular weight excluding hydrogens is 302 g/mol. The van der Waals surface area contributed by atoms with E-state index in [4.69, 9.17) is 4.74 Å². The van der Waals surface area contributed by atoms with Crippen LogP contribution in [0.2, 0.25) is 0 Å². The van der Waals surface area contributed by atoms with Crippen LogP contribution in [0.4, 0.5) is 0 Å². The van der Waals surface area contributed by atoms with Crippen molar-refractivity contribution in [2.75, 3.05) is 24.7 Å². The van der Waals surface area contributed by atoms with E-state index in [0.717, 1.165) is 26.0 Å². The Morgan fingerprint density at radius 3 is 3.05 bits per heavy atom. The van der Waals surface area contributed by atoms with Gasteiger partial charge < -0.3 is 10.1 Å². The van der Waals surface area contributed by atoms with E-state index in [9.17, 15) is 0 Å². The molecule has 0 aromatic carbocycles. The Hall–Kier alpha value is -0.170. The van der Waals surface area contributed by atoms with Gasteiger partial charge in [0.15, 0.2) is 0 Å². The van der Waals surface area contributed by atoms with Crippen molar-refractivity contribution in [2.45, 2.75) is 50.7 Å². The smallest absolute Gasteiger partial charge is 0.0701 e. The minimum Gasteiger partial charge on any atom is -0.375 e. The lowest BCUT2D eigenvalue weighted by atomic mass is 9.78. The third kappa shape index (κ3) is 3.78. The number of ether oxygens (including phenoxy) is 1. The SMILES string of the molecule is CCCNC(c1cnns1)C1CCOC2(CCSCC2)C1. The van der Waals surface area contributed by atoms with Gasteiger partial charge in [0.1, 0.15) is 0 Å². The Morgan fingerprint density at radius 2 is 2.33 bits per heavy atom. The van der Waals surface area contributed by atoms with Gasteiger partial charge in [-0.1, -0.05) is 11.4 Å². The molecule has 2 saturated heterocycles. The maximum Gasteiger partial charge on any atom is 0.0701 e. The molecule has 2 aliphatic heterocycles. The summed E-state index contributed by atoms with van der Waals surface area (Å²) in [5, 5.41) is 7.78. The van der Waals surface area contributed by atoms with Crippen molar-refractivity contribution in [3.8, 4) is 0 Å². The maximum absolute atomic E-state index is 6.24. The van der Waals surface area contributed by atoms with Gasteiger partial charge in [-0.3, -0.25) is 0 Å². The fraction of sp³-hybridized carbons (Fsp3) is 0.867. The van der Waals surface area contributed by atoms with Gasteiger partial charge in [0, 0.05) is 12.6 Å². The third-order valence-corrected chi connectivity index (χ3v) is 6.44. The Labute approximate surface area is 135 Å². The molecule has 2 fully saturated rings. The Morgan fingerprint density at radius 1 is 1.48 bits per heavy atom. The number of hydrogen-bond donors (Lipinski definition) is 1. The molecule has 1 aromatic rings. The molecule has 0 bridgehead atoms. The summed E-state index contributed by atoms with van der Waals surface area (Å²) in [6.07, 6.45) is 7.87. The monoisotopic (exact) mass is 327 g/mol. The molecule has 0 radical (unpaired) electrons. The normalized spacial score (nSPS) is 26.8. The van der Waals surface area contributed by atoms with E-state index < -0.39 is 0 Å². The van der Waals surface area contributed by atoms with Crippen LogP contribution in [0.3, 0.4) is 0 Å². The fourth-order valence-electron chi connectivity index (χ4n) is 3.55. The molecule has 1 spiro atoms. The molecule has 0 aliphatic carbocycles. The molecule has 3 heterocycles. The second-order valence-corrected chi connectivity index (χ2v) is 8.19. The first-order chi connectivity index (χ1) is 10.3.